The summed E-state index contributed by atoms with van der Waals surface area (Å²) in [4.78, 5) is 16.0. The molecule has 0 spiro atoms. The lowest BCUT2D eigenvalue weighted by Gasteiger charge is -2.21. The van der Waals surface area contributed by atoms with E-state index in [4.69, 9.17) is 9.47 Å². The van der Waals surface area contributed by atoms with E-state index in [-0.39, 0.29) is 6.03 Å². The Hall–Kier alpha value is -1.82. The van der Waals surface area contributed by atoms with Crippen molar-refractivity contribution >= 4 is 11.7 Å². The number of pyridine rings is 1. The van der Waals surface area contributed by atoms with E-state index in [0.717, 1.165) is 6.54 Å². The Bertz CT molecular complexity index is 444. The van der Waals surface area contributed by atoms with Crippen LogP contribution in [0.25, 0.3) is 0 Å². The Morgan fingerprint density at radius 2 is 2.09 bits per heavy atom. The number of hydrogen-bond donors (Lipinski definition) is 2. The quantitative estimate of drug-likeness (QED) is 0.760. The van der Waals surface area contributed by atoms with Crippen molar-refractivity contribution in [3.63, 3.8) is 0 Å². The molecule has 6 heteroatoms. The Morgan fingerprint density at radius 3 is 2.77 bits per heavy atom. The molecule has 0 aromatic carbocycles. The van der Waals surface area contributed by atoms with Gasteiger partial charge in [-0.25, -0.2) is 9.78 Å². The zero-order valence-electron chi connectivity index (χ0n) is 13.1. The molecule has 1 fully saturated rings. The smallest absolute Gasteiger partial charge is 0.319 e. The molecule has 2 rings (SSSR count). The predicted octanol–water partition coefficient (Wildman–Crippen LogP) is 2.81. The van der Waals surface area contributed by atoms with Crippen LogP contribution in [0.2, 0.25) is 0 Å². The first-order valence-electron chi connectivity index (χ1n) is 7.90. The fourth-order valence-electron chi connectivity index (χ4n) is 2.57. The predicted molar refractivity (Wildman–Crippen MR) is 85.2 cm³/mol. The van der Waals surface area contributed by atoms with Crippen molar-refractivity contribution in [3.8, 4) is 5.88 Å². The van der Waals surface area contributed by atoms with E-state index >= 15 is 0 Å². The van der Waals surface area contributed by atoms with E-state index in [0.29, 0.717) is 30.7 Å². The van der Waals surface area contributed by atoms with Crippen LogP contribution >= 0.6 is 0 Å². The molecule has 122 valence electrons. The van der Waals surface area contributed by atoms with Crippen LogP contribution in [0.4, 0.5) is 10.5 Å². The number of rotatable bonds is 7. The van der Waals surface area contributed by atoms with Crippen molar-refractivity contribution in [2.75, 3.05) is 32.2 Å². The van der Waals surface area contributed by atoms with Gasteiger partial charge in [0.2, 0.25) is 5.88 Å². The number of anilines is 1. The maximum atomic E-state index is 11.9. The van der Waals surface area contributed by atoms with Crippen LogP contribution in [-0.4, -0.2) is 37.9 Å². The summed E-state index contributed by atoms with van der Waals surface area (Å²) in [6.07, 6.45) is 7.91. The molecule has 1 aromatic heterocycles. The lowest BCUT2D eigenvalue weighted by atomic mass is 9.89. The molecule has 0 unspecified atom stereocenters. The van der Waals surface area contributed by atoms with Gasteiger partial charge >= 0.3 is 6.03 Å². The van der Waals surface area contributed by atoms with Crippen molar-refractivity contribution in [1.29, 1.82) is 0 Å². The summed E-state index contributed by atoms with van der Waals surface area (Å²) in [5.41, 5.74) is 0.653. The van der Waals surface area contributed by atoms with E-state index < -0.39 is 0 Å². The molecule has 1 aromatic rings. The summed E-state index contributed by atoms with van der Waals surface area (Å²) in [7, 11) is 1.62. The van der Waals surface area contributed by atoms with Gasteiger partial charge in [-0.3, -0.25) is 0 Å². The topological polar surface area (TPSA) is 72.5 Å². The SMILES string of the molecule is COCCOc1ccc(NC(=O)NCC2CCCCC2)cn1. The Labute approximate surface area is 131 Å². The molecule has 22 heavy (non-hydrogen) atoms. The number of carbonyl (C=O) groups is 1. The van der Waals surface area contributed by atoms with Crippen LogP contribution < -0.4 is 15.4 Å². The van der Waals surface area contributed by atoms with E-state index in [2.05, 4.69) is 15.6 Å². The molecule has 0 bridgehead atoms. The highest BCUT2D eigenvalue weighted by molar-refractivity contribution is 5.88. The molecule has 1 saturated carbocycles. The average Bonchev–Trinajstić information content (AvgIpc) is 2.56. The van der Waals surface area contributed by atoms with Gasteiger partial charge in [0, 0.05) is 19.7 Å². The van der Waals surface area contributed by atoms with E-state index in [1.165, 1.54) is 32.1 Å². The normalized spacial score (nSPS) is 15.3. The lowest BCUT2D eigenvalue weighted by Crippen LogP contribution is -2.33. The third-order valence-electron chi connectivity index (χ3n) is 3.81. The van der Waals surface area contributed by atoms with Crippen LogP contribution in [0.1, 0.15) is 32.1 Å². The fourth-order valence-corrected chi connectivity index (χ4v) is 2.57. The molecule has 0 radical (unpaired) electrons. The third-order valence-corrected chi connectivity index (χ3v) is 3.81. The first-order valence-corrected chi connectivity index (χ1v) is 7.90. The summed E-state index contributed by atoms with van der Waals surface area (Å²) in [5, 5.41) is 5.71. The number of urea groups is 1. The summed E-state index contributed by atoms with van der Waals surface area (Å²) in [6.45, 7) is 1.72. The van der Waals surface area contributed by atoms with Gasteiger partial charge in [0.1, 0.15) is 6.61 Å². The second kappa shape index (κ2) is 9.25. The second-order valence-corrected chi connectivity index (χ2v) is 5.57. The molecule has 1 heterocycles. The monoisotopic (exact) mass is 307 g/mol. The van der Waals surface area contributed by atoms with Gasteiger partial charge in [-0.05, 0) is 24.8 Å². The van der Waals surface area contributed by atoms with Gasteiger partial charge in [-0.15, -0.1) is 0 Å². The number of aromatic nitrogens is 1. The largest absolute Gasteiger partial charge is 0.475 e. The maximum Gasteiger partial charge on any atom is 0.319 e. The van der Waals surface area contributed by atoms with Gasteiger partial charge < -0.3 is 20.1 Å². The van der Waals surface area contributed by atoms with Gasteiger partial charge in [-0.1, -0.05) is 19.3 Å². The number of nitrogens with one attached hydrogen (secondary N) is 2. The molecule has 1 aliphatic carbocycles. The van der Waals surface area contributed by atoms with Crippen LogP contribution in [0, 0.1) is 5.92 Å². The van der Waals surface area contributed by atoms with Gasteiger partial charge in [0.05, 0.1) is 18.5 Å². The molecular weight excluding hydrogens is 282 g/mol. The molecule has 0 atom stereocenters. The summed E-state index contributed by atoms with van der Waals surface area (Å²) < 4.78 is 10.3. The van der Waals surface area contributed by atoms with Crippen molar-refractivity contribution in [3.05, 3.63) is 18.3 Å². The highest BCUT2D eigenvalue weighted by Crippen LogP contribution is 2.22. The number of carbonyl (C=O) groups excluding carboxylic acids is 1. The number of ether oxygens (including phenoxy) is 2. The summed E-state index contributed by atoms with van der Waals surface area (Å²) in [5.74, 6) is 1.14. The molecule has 6 nitrogen and oxygen atoms in total. The number of methoxy groups -OCH3 is 1. The first-order chi connectivity index (χ1) is 10.8. The van der Waals surface area contributed by atoms with Gasteiger partial charge in [0.25, 0.3) is 0 Å². The first kappa shape index (κ1) is 16.5. The number of amides is 2. The highest BCUT2D eigenvalue weighted by atomic mass is 16.5. The van der Waals surface area contributed by atoms with Crippen molar-refractivity contribution in [1.82, 2.24) is 10.3 Å². The standard InChI is InChI=1S/C16H25N3O3/c1-21-9-10-22-15-8-7-14(12-17-15)19-16(20)18-11-13-5-3-2-4-6-13/h7-8,12-13H,2-6,9-11H2,1H3,(H2,18,19,20). The Kier molecular flexibility index (Phi) is 6.96. The van der Waals surface area contributed by atoms with E-state index in [9.17, 15) is 4.79 Å². The second-order valence-electron chi connectivity index (χ2n) is 5.57. The summed E-state index contributed by atoms with van der Waals surface area (Å²) in [6, 6.07) is 3.32. The fraction of sp³-hybridized carbons (Fsp3) is 0.625. The minimum absolute atomic E-state index is 0.180. The minimum atomic E-state index is -0.180. The minimum Gasteiger partial charge on any atom is -0.475 e. The molecular formula is C16H25N3O3. The highest BCUT2D eigenvalue weighted by Gasteiger charge is 2.14. The summed E-state index contributed by atoms with van der Waals surface area (Å²) >= 11 is 0. The number of nitrogens with zero attached hydrogens (tertiary/aromatic N) is 1. The third kappa shape index (κ3) is 5.89. The van der Waals surface area contributed by atoms with Crippen LogP contribution in [0.15, 0.2) is 18.3 Å². The molecule has 0 aliphatic heterocycles. The van der Waals surface area contributed by atoms with Crippen molar-refractivity contribution < 1.29 is 14.3 Å². The van der Waals surface area contributed by atoms with Gasteiger partial charge in [0.15, 0.2) is 0 Å². The maximum absolute atomic E-state index is 11.9. The average molecular weight is 307 g/mol. The molecule has 2 N–H and O–H groups in total. The van der Waals surface area contributed by atoms with Crippen LogP contribution in [0.5, 0.6) is 5.88 Å². The van der Waals surface area contributed by atoms with Crippen LogP contribution in [0.3, 0.4) is 0 Å². The zero-order chi connectivity index (χ0) is 15.6. The zero-order valence-corrected chi connectivity index (χ0v) is 13.1. The Balaban J connectivity index is 1.69. The van der Waals surface area contributed by atoms with E-state index in [1.807, 2.05) is 0 Å². The number of hydrogen-bond acceptors (Lipinski definition) is 4. The van der Waals surface area contributed by atoms with Crippen molar-refractivity contribution in [2.45, 2.75) is 32.1 Å². The Morgan fingerprint density at radius 1 is 1.27 bits per heavy atom. The van der Waals surface area contributed by atoms with Crippen LogP contribution in [-0.2, 0) is 4.74 Å². The van der Waals surface area contributed by atoms with Crippen molar-refractivity contribution in [2.24, 2.45) is 5.92 Å². The molecule has 1 aliphatic rings. The van der Waals surface area contributed by atoms with E-state index in [1.54, 1.807) is 25.4 Å². The van der Waals surface area contributed by atoms with Gasteiger partial charge in [-0.2, -0.15) is 0 Å². The molecule has 0 saturated heterocycles. The lowest BCUT2D eigenvalue weighted by molar-refractivity contribution is 0.144. The molecule has 2 amide bonds.